The van der Waals surface area contributed by atoms with Crippen LogP contribution in [0.4, 0.5) is 0 Å². The predicted molar refractivity (Wildman–Crippen MR) is 37.0 cm³/mol. The Balaban J connectivity index is 4.76. The first kappa shape index (κ1) is 5.54. The van der Waals surface area contributed by atoms with Gasteiger partial charge in [0.05, 0.1) is 0 Å². The first-order valence-electron chi connectivity index (χ1n) is 4.50. The Morgan fingerprint density at radius 3 is 2.55 bits per heavy atom. The second-order valence-corrected chi connectivity index (χ2v) is 1.95. The Bertz CT molecular complexity index is 215. The molecule has 0 bridgehead atoms. The molecule has 0 unspecified atom stereocenters. The lowest BCUT2D eigenvalue weighted by Gasteiger charge is -2.12. The number of carboxylic acid groups (broad SMARTS) is 2. The van der Waals surface area contributed by atoms with Crippen molar-refractivity contribution in [2.45, 2.75) is 19.3 Å². The van der Waals surface area contributed by atoms with Crippen LogP contribution in [0.15, 0.2) is 0 Å². The van der Waals surface area contributed by atoms with E-state index < -0.39 is 37.2 Å². The molecule has 0 aromatic carbocycles. The van der Waals surface area contributed by atoms with Crippen molar-refractivity contribution in [3.05, 3.63) is 0 Å². The summed E-state index contributed by atoms with van der Waals surface area (Å²) < 4.78 is 20.9. The summed E-state index contributed by atoms with van der Waals surface area (Å²) in [6.45, 7) is -1.76. The minimum atomic E-state index is -1.87. The fourth-order valence-electron chi connectivity index (χ4n) is 0.433. The highest BCUT2D eigenvalue weighted by Crippen LogP contribution is 2.05. The molecular weight excluding hydrogens is 150 g/mol. The van der Waals surface area contributed by atoms with Gasteiger partial charge in [0.1, 0.15) is 6.04 Å². The lowest BCUT2D eigenvalue weighted by Crippen LogP contribution is -2.37. The van der Waals surface area contributed by atoms with E-state index in [1.165, 1.54) is 0 Å². The van der Waals surface area contributed by atoms with E-state index in [1.54, 1.807) is 0 Å². The van der Waals surface area contributed by atoms with Crippen LogP contribution in [-0.4, -0.2) is 28.2 Å². The molecule has 0 aromatic rings. The third-order valence-electron chi connectivity index (χ3n) is 1.03. The predicted octanol–water partition coefficient (Wildman–Crippen LogP) is -0.491. The number of hydrogen-bond donors (Lipinski definition) is 3. The zero-order valence-corrected chi connectivity index (χ0v) is 5.60. The monoisotopic (exact) mass is 164 g/mol. The second kappa shape index (κ2) is 3.92. The van der Waals surface area contributed by atoms with Crippen LogP contribution in [-0.2, 0) is 9.59 Å². The average Bonchev–Trinajstić information content (AvgIpc) is 2.03. The van der Waals surface area contributed by atoms with Crippen LogP contribution in [0.5, 0.6) is 0 Å². The maximum Gasteiger partial charge on any atom is 0.320 e. The van der Waals surface area contributed by atoms with Crippen molar-refractivity contribution < 1.29 is 23.9 Å². The van der Waals surface area contributed by atoms with Gasteiger partial charge in [0.25, 0.3) is 0 Å². The van der Waals surface area contributed by atoms with Gasteiger partial charge in [-0.15, -0.1) is 0 Å². The molecule has 0 heterocycles. The van der Waals surface area contributed by atoms with Gasteiger partial charge < -0.3 is 15.9 Å². The molecule has 3 atom stereocenters. The van der Waals surface area contributed by atoms with E-state index >= 15 is 0 Å². The Morgan fingerprint density at radius 1 is 1.73 bits per heavy atom. The Kier molecular flexibility index (Phi) is 1.97. The number of carbonyl (C=O) groups is 2. The summed E-state index contributed by atoms with van der Waals surface area (Å²) in [5.41, 5.74) is 5.08. The molecule has 5 nitrogen and oxygen atoms in total. The van der Waals surface area contributed by atoms with Crippen LogP contribution in [0, 0.1) is 5.92 Å². The fourth-order valence-corrected chi connectivity index (χ4v) is 0.433. The molecule has 0 spiro atoms. The SMILES string of the molecule is [2H]C([2H])[C@H]([C@H](N)C(=O)O)[C@@H]([2H])C(=O)O. The number of rotatable bonds is 4. The van der Waals surface area contributed by atoms with Gasteiger partial charge in [0, 0.05) is 10.5 Å². The van der Waals surface area contributed by atoms with E-state index in [2.05, 4.69) is 0 Å². The Labute approximate surface area is 68.0 Å². The summed E-state index contributed by atoms with van der Waals surface area (Å²) >= 11 is 0. The highest BCUT2D eigenvalue weighted by Gasteiger charge is 2.21. The van der Waals surface area contributed by atoms with E-state index in [-0.39, 0.29) is 0 Å². The molecule has 0 fully saturated rings. The molecule has 0 aliphatic carbocycles. The van der Waals surface area contributed by atoms with Gasteiger partial charge in [0.15, 0.2) is 0 Å². The van der Waals surface area contributed by atoms with Gasteiger partial charge in [-0.1, -0.05) is 6.88 Å². The van der Waals surface area contributed by atoms with E-state index in [4.69, 9.17) is 20.1 Å². The Morgan fingerprint density at radius 2 is 2.27 bits per heavy atom. The van der Waals surface area contributed by atoms with Crippen molar-refractivity contribution in [2.24, 2.45) is 11.7 Å². The largest absolute Gasteiger partial charge is 0.481 e. The van der Waals surface area contributed by atoms with Gasteiger partial charge in [-0.3, -0.25) is 9.59 Å². The zero-order chi connectivity index (χ0) is 11.5. The van der Waals surface area contributed by atoms with Crippen LogP contribution >= 0.6 is 0 Å². The van der Waals surface area contributed by atoms with Crippen LogP contribution < -0.4 is 5.73 Å². The molecule has 0 aromatic heterocycles. The second-order valence-electron chi connectivity index (χ2n) is 1.95. The van der Waals surface area contributed by atoms with Crippen molar-refractivity contribution in [1.29, 1.82) is 0 Å². The number of hydrogen-bond acceptors (Lipinski definition) is 3. The minimum Gasteiger partial charge on any atom is -0.481 e. The molecule has 0 aliphatic heterocycles. The first-order valence-corrected chi connectivity index (χ1v) is 2.77. The van der Waals surface area contributed by atoms with Crippen molar-refractivity contribution in [1.82, 2.24) is 0 Å². The molecule has 5 heteroatoms. The lowest BCUT2D eigenvalue weighted by atomic mass is 10.00. The van der Waals surface area contributed by atoms with Crippen LogP contribution in [0.25, 0.3) is 0 Å². The number of carboxylic acids is 2. The van der Waals surface area contributed by atoms with Gasteiger partial charge in [-0.05, 0) is 5.92 Å². The average molecular weight is 164 g/mol. The van der Waals surface area contributed by atoms with Crippen molar-refractivity contribution in [3.63, 3.8) is 0 Å². The summed E-state index contributed by atoms with van der Waals surface area (Å²) in [6, 6.07) is -1.69. The van der Waals surface area contributed by atoms with Crippen molar-refractivity contribution in [3.8, 4) is 0 Å². The minimum absolute atomic E-state index is 1.52. The molecular formula is C6H11NO4. The number of nitrogens with two attached hydrogens (primary N) is 1. The maximum absolute atomic E-state index is 10.4. The molecule has 11 heavy (non-hydrogen) atoms. The number of aliphatic carboxylic acids is 2. The molecule has 4 N–H and O–H groups in total. The van der Waals surface area contributed by atoms with Crippen molar-refractivity contribution in [2.75, 3.05) is 0 Å². The van der Waals surface area contributed by atoms with Crippen molar-refractivity contribution >= 4 is 11.9 Å². The summed E-state index contributed by atoms with van der Waals surface area (Å²) in [7, 11) is 0. The molecule has 0 radical (unpaired) electrons. The van der Waals surface area contributed by atoms with Gasteiger partial charge in [0.2, 0.25) is 0 Å². The standard InChI is InChI=1S/C6H11NO4/c1-3(2-4(8)9)5(7)6(10)11/h3,5H,2,7H2,1H3,(H,8,9)(H,10,11)/t3-,5-/m0/s1/i1D2,2D/t2-,3+,5+/m1. The van der Waals surface area contributed by atoms with Crippen LogP contribution in [0.1, 0.15) is 17.4 Å². The smallest absolute Gasteiger partial charge is 0.320 e. The highest BCUT2D eigenvalue weighted by atomic mass is 16.4. The topological polar surface area (TPSA) is 101 Å². The van der Waals surface area contributed by atoms with E-state index in [0.717, 1.165) is 0 Å². The molecule has 0 amide bonds. The lowest BCUT2D eigenvalue weighted by molar-refractivity contribution is -0.141. The van der Waals surface area contributed by atoms with Gasteiger partial charge >= 0.3 is 11.9 Å². The van der Waals surface area contributed by atoms with Gasteiger partial charge in [-0.25, -0.2) is 0 Å². The summed E-state index contributed by atoms with van der Waals surface area (Å²) in [4.78, 5) is 20.8. The van der Waals surface area contributed by atoms with Crippen LogP contribution in [0.2, 0.25) is 0 Å². The molecule has 0 aliphatic rings. The normalized spacial score (nSPS) is 22.5. The third-order valence-corrected chi connectivity index (χ3v) is 1.03. The highest BCUT2D eigenvalue weighted by molar-refractivity contribution is 5.75. The first-order chi connectivity index (χ1) is 6.29. The molecule has 0 saturated heterocycles. The van der Waals surface area contributed by atoms with Gasteiger partial charge in [-0.2, -0.15) is 0 Å². The van der Waals surface area contributed by atoms with E-state index in [9.17, 15) is 9.59 Å². The molecule has 0 saturated carbocycles. The maximum atomic E-state index is 10.4. The molecule has 64 valence electrons. The summed E-state index contributed by atoms with van der Waals surface area (Å²) in [6.07, 6.45) is -1.87. The Hall–Kier alpha value is -1.10. The fraction of sp³-hybridized carbons (Fsp3) is 0.667. The zero-order valence-electron chi connectivity index (χ0n) is 8.60. The summed E-state index contributed by atoms with van der Waals surface area (Å²) in [5, 5.41) is 16.9. The van der Waals surface area contributed by atoms with Crippen LogP contribution in [0.3, 0.4) is 0 Å². The van der Waals surface area contributed by atoms with E-state index in [0.29, 0.717) is 0 Å². The quantitative estimate of drug-likeness (QED) is 0.520. The van der Waals surface area contributed by atoms with E-state index in [1.807, 2.05) is 0 Å². The molecule has 0 rings (SSSR count). The summed E-state index contributed by atoms with van der Waals surface area (Å²) in [5.74, 6) is -4.65. The third kappa shape index (κ3) is 3.57.